The van der Waals surface area contributed by atoms with Crippen LogP contribution >= 0.6 is 11.8 Å². The second kappa shape index (κ2) is 10.2. The molecule has 0 radical (unpaired) electrons. The lowest BCUT2D eigenvalue weighted by molar-refractivity contribution is -0.115. The van der Waals surface area contributed by atoms with Crippen LogP contribution in [0.4, 0.5) is 5.69 Å². The van der Waals surface area contributed by atoms with E-state index in [1.165, 1.54) is 30.2 Å². The summed E-state index contributed by atoms with van der Waals surface area (Å²) in [6.07, 6.45) is 4.64. The Kier molecular flexibility index (Phi) is 7.31. The van der Waals surface area contributed by atoms with Crippen LogP contribution in [0.1, 0.15) is 65.0 Å². The van der Waals surface area contributed by atoms with Crippen LogP contribution in [0, 0.1) is 0 Å². The highest BCUT2D eigenvalue weighted by Gasteiger charge is 2.27. The molecule has 180 valence electrons. The third-order valence-electron chi connectivity index (χ3n) is 6.38. The highest BCUT2D eigenvalue weighted by Crippen LogP contribution is 2.38. The normalized spacial score (nSPS) is 15.3. The van der Waals surface area contributed by atoms with Gasteiger partial charge in [-0.1, -0.05) is 81.8 Å². The van der Waals surface area contributed by atoms with Crippen molar-refractivity contribution in [3.63, 3.8) is 0 Å². The Balaban J connectivity index is 1.58. The molecule has 1 fully saturated rings. The minimum Gasteiger partial charge on any atom is -0.495 e. The van der Waals surface area contributed by atoms with Crippen LogP contribution in [0.5, 0.6) is 5.75 Å². The summed E-state index contributed by atoms with van der Waals surface area (Å²) >= 11 is 1.46. The molecular formula is C27H34N4O2S. The fraction of sp³-hybridized carbons (Fsp3) is 0.444. The van der Waals surface area contributed by atoms with Crippen molar-refractivity contribution < 1.29 is 9.53 Å². The summed E-state index contributed by atoms with van der Waals surface area (Å²) in [5.41, 5.74) is 3.12. The number of hydrogen-bond acceptors (Lipinski definition) is 5. The molecule has 0 aliphatic heterocycles. The number of amides is 1. The lowest BCUT2D eigenvalue weighted by Crippen LogP contribution is -2.23. The van der Waals surface area contributed by atoms with Gasteiger partial charge in [-0.15, -0.1) is 10.2 Å². The van der Waals surface area contributed by atoms with Crippen molar-refractivity contribution in [3.8, 4) is 17.1 Å². The van der Waals surface area contributed by atoms with E-state index in [0.29, 0.717) is 17.5 Å². The Morgan fingerprint density at radius 3 is 2.41 bits per heavy atom. The van der Waals surface area contributed by atoms with Crippen molar-refractivity contribution in [3.05, 3.63) is 54.1 Å². The van der Waals surface area contributed by atoms with Crippen LogP contribution in [0.15, 0.2) is 53.7 Å². The first-order chi connectivity index (χ1) is 16.3. The maximum Gasteiger partial charge on any atom is 0.237 e. The molecule has 2 aromatic carbocycles. The molecule has 1 aliphatic rings. The number of nitrogens with one attached hydrogen (secondary N) is 1. The number of benzene rings is 2. The number of carbonyl (C=O) groups excluding carboxylic acids is 1. The molecular weight excluding hydrogens is 444 g/mol. The van der Waals surface area contributed by atoms with Crippen LogP contribution in [0.2, 0.25) is 0 Å². The van der Waals surface area contributed by atoms with E-state index in [-0.39, 0.29) is 16.6 Å². The Bertz CT molecular complexity index is 1130. The summed E-state index contributed by atoms with van der Waals surface area (Å²) in [6, 6.07) is 16.4. The maximum atomic E-state index is 13.0. The molecule has 0 unspecified atom stereocenters. The van der Waals surface area contributed by atoms with Gasteiger partial charge in [-0.2, -0.15) is 0 Å². The molecule has 0 spiro atoms. The van der Waals surface area contributed by atoms with Gasteiger partial charge in [0.05, 0.1) is 18.0 Å². The molecule has 1 saturated carbocycles. The van der Waals surface area contributed by atoms with Crippen molar-refractivity contribution in [1.82, 2.24) is 14.8 Å². The fourth-order valence-corrected chi connectivity index (χ4v) is 5.28. The van der Waals surface area contributed by atoms with E-state index in [4.69, 9.17) is 4.74 Å². The van der Waals surface area contributed by atoms with Crippen LogP contribution in [0.25, 0.3) is 11.4 Å². The topological polar surface area (TPSA) is 69.0 Å². The van der Waals surface area contributed by atoms with Gasteiger partial charge < -0.3 is 10.1 Å². The van der Waals surface area contributed by atoms with Crippen LogP contribution in [0.3, 0.4) is 0 Å². The second-order valence-corrected chi connectivity index (χ2v) is 11.2. The fourth-order valence-electron chi connectivity index (χ4n) is 4.36. The number of rotatable bonds is 7. The molecule has 7 heteroatoms. The average molecular weight is 479 g/mol. The monoisotopic (exact) mass is 478 g/mol. The largest absolute Gasteiger partial charge is 0.495 e. The molecule has 1 atom stereocenters. The third-order valence-corrected chi connectivity index (χ3v) is 7.44. The molecule has 4 rings (SSSR count). The predicted molar refractivity (Wildman–Crippen MR) is 139 cm³/mol. The van der Waals surface area contributed by atoms with E-state index in [9.17, 15) is 4.79 Å². The summed E-state index contributed by atoms with van der Waals surface area (Å²) < 4.78 is 7.63. The number of aromatic nitrogens is 3. The molecule has 1 aromatic heterocycles. The van der Waals surface area contributed by atoms with Crippen LogP contribution in [-0.4, -0.2) is 33.0 Å². The van der Waals surface area contributed by atoms with E-state index in [1.54, 1.807) is 7.11 Å². The lowest BCUT2D eigenvalue weighted by Gasteiger charge is -2.20. The predicted octanol–water partition coefficient (Wildman–Crippen LogP) is 6.49. The molecule has 1 aliphatic carbocycles. The van der Waals surface area contributed by atoms with E-state index in [0.717, 1.165) is 29.4 Å². The van der Waals surface area contributed by atoms with Crippen molar-refractivity contribution in [2.24, 2.45) is 0 Å². The van der Waals surface area contributed by atoms with Gasteiger partial charge in [-0.25, -0.2) is 0 Å². The van der Waals surface area contributed by atoms with E-state index in [1.807, 2.05) is 31.2 Å². The highest BCUT2D eigenvalue weighted by molar-refractivity contribution is 8.00. The quantitative estimate of drug-likeness (QED) is 0.393. The zero-order valence-corrected chi connectivity index (χ0v) is 21.5. The van der Waals surface area contributed by atoms with Gasteiger partial charge in [-0.3, -0.25) is 9.36 Å². The minimum atomic E-state index is -0.342. The van der Waals surface area contributed by atoms with Crippen molar-refractivity contribution in [2.45, 2.75) is 75.2 Å². The standard InChI is InChI=1S/C27H34N4O2S/c1-18(25(32)28-22-12-8-9-13-23(22)33-5)34-26-30-29-24(31(26)21-10-6-7-11-21)19-14-16-20(17-15-19)27(2,3)4/h8-9,12-18,21H,6-7,10-11H2,1-5H3,(H,28,32)/t18-/m1/s1. The van der Waals surface area contributed by atoms with E-state index in [2.05, 4.69) is 65.1 Å². The minimum absolute atomic E-state index is 0.0912. The number of hydrogen-bond donors (Lipinski definition) is 1. The Labute approximate surface area is 206 Å². The van der Waals surface area contributed by atoms with Gasteiger partial charge in [0, 0.05) is 11.6 Å². The summed E-state index contributed by atoms with van der Waals surface area (Å²) in [6.45, 7) is 8.56. The first-order valence-electron chi connectivity index (χ1n) is 11.9. The van der Waals surface area contributed by atoms with E-state index < -0.39 is 0 Å². The molecule has 0 saturated heterocycles. The van der Waals surface area contributed by atoms with Gasteiger partial charge in [-0.05, 0) is 42.9 Å². The number of anilines is 1. The molecule has 1 N–H and O–H groups in total. The summed E-state index contributed by atoms with van der Waals surface area (Å²) in [7, 11) is 1.60. The zero-order chi connectivity index (χ0) is 24.3. The average Bonchev–Trinajstić information content (AvgIpc) is 3.48. The number of methoxy groups -OCH3 is 1. The Morgan fingerprint density at radius 1 is 1.09 bits per heavy atom. The SMILES string of the molecule is COc1ccccc1NC(=O)[C@@H](C)Sc1nnc(-c2ccc(C(C)(C)C)cc2)n1C1CCCC1. The summed E-state index contributed by atoms with van der Waals surface area (Å²) in [5, 5.41) is 12.6. The van der Waals surface area contributed by atoms with Gasteiger partial charge in [0.2, 0.25) is 5.91 Å². The highest BCUT2D eigenvalue weighted by atomic mass is 32.2. The molecule has 6 nitrogen and oxygen atoms in total. The number of para-hydroxylation sites is 2. The van der Waals surface area contributed by atoms with Crippen molar-refractivity contribution >= 4 is 23.4 Å². The van der Waals surface area contributed by atoms with Gasteiger partial charge in [0.1, 0.15) is 5.75 Å². The third kappa shape index (κ3) is 5.30. The van der Waals surface area contributed by atoms with Gasteiger partial charge >= 0.3 is 0 Å². The van der Waals surface area contributed by atoms with Crippen molar-refractivity contribution in [2.75, 3.05) is 12.4 Å². The summed E-state index contributed by atoms with van der Waals surface area (Å²) in [4.78, 5) is 13.0. The van der Waals surface area contributed by atoms with Crippen LogP contribution in [-0.2, 0) is 10.2 Å². The van der Waals surface area contributed by atoms with Gasteiger partial charge in [0.15, 0.2) is 11.0 Å². The van der Waals surface area contributed by atoms with Crippen LogP contribution < -0.4 is 10.1 Å². The molecule has 3 aromatic rings. The zero-order valence-electron chi connectivity index (χ0n) is 20.7. The first kappa shape index (κ1) is 24.3. The second-order valence-electron chi connectivity index (χ2n) is 9.89. The van der Waals surface area contributed by atoms with E-state index >= 15 is 0 Å². The maximum absolute atomic E-state index is 13.0. The smallest absolute Gasteiger partial charge is 0.237 e. The number of nitrogens with zero attached hydrogens (tertiary/aromatic N) is 3. The number of carbonyl (C=O) groups is 1. The Morgan fingerprint density at radius 2 is 1.76 bits per heavy atom. The molecule has 1 heterocycles. The summed E-state index contributed by atoms with van der Waals surface area (Å²) in [5.74, 6) is 1.43. The lowest BCUT2D eigenvalue weighted by atomic mass is 9.86. The number of ether oxygens (including phenoxy) is 1. The molecule has 34 heavy (non-hydrogen) atoms. The van der Waals surface area contributed by atoms with Crippen molar-refractivity contribution in [1.29, 1.82) is 0 Å². The Hall–Kier alpha value is -2.80. The van der Waals surface area contributed by atoms with Gasteiger partial charge in [0.25, 0.3) is 0 Å². The molecule has 0 bridgehead atoms. The molecule has 1 amide bonds. The number of thioether (sulfide) groups is 1. The first-order valence-corrected chi connectivity index (χ1v) is 12.8.